The van der Waals surface area contributed by atoms with E-state index in [4.69, 9.17) is 11.6 Å². The van der Waals surface area contributed by atoms with Gasteiger partial charge in [0.25, 0.3) is 0 Å². The number of halogens is 1. The predicted octanol–water partition coefficient (Wildman–Crippen LogP) is 5.03. The van der Waals surface area contributed by atoms with Crippen LogP contribution in [0.5, 0.6) is 0 Å². The van der Waals surface area contributed by atoms with Crippen LogP contribution < -0.4 is 10.6 Å². The highest BCUT2D eigenvalue weighted by molar-refractivity contribution is 6.30. The lowest BCUT2D eigenvalue weighted by Crippen LogP contribution is -2.03. The van der Waals surface area contributed by atoms with E-state index < -0.39 is 0 Å². The standard InChI is InChI=1S/C17H20ClN3/c1-3-4-10-19-17-9-8-14(12-20-17)13(2)21-16-7-5-6-15(18)11-16/h5-9,11-12,21H,2-4,10H2,1H3,(H,19,20). The lowest BCUT2D eigenvalue weighted by atomic mass is 10.2. The Morgan fingerprint density at radius 3 is 2.81 bits per heavy atom. The third kappa shape index (κ3) is 4.80. The van der Waals surface area contributed by atoms with Crippen molar-refractivity contribution in [2.45, 2.75) is 19.8 Å². The zero-order chi connectivity index (χ0) is 15.1. The molecule has 0 spiro atoms. The van der Waals surface area contributed by atoms with E-state index in [-0.39, 0.29) is 0 Å². The lowest BCUT2D eigenvalue weighted by Gasteiger charge is -2.11. The molecule has 21 heavy (non-hydrogen) atoms. The zero-order valence-electron chi connectivity index (χ0n) is 12.2. The van der Waals surface area contributed by atoms with Crippen LogP contribution in [-0.4, -0.2) is 11.5 Å². The first kappa shape index (κ1) is 15.4. The van der Waals surface area contributed by atoms with E-state index in [1.807, 2.05) is 42.6 Å². The molecule has 2 rings (SSSR count). The first-order chi connectivity index (χ1) is 10.2. The summed E-state index contributed by atoms with van der Waals surface area (Å²) in [5.41, 5.74) is 2.67. The molecule has 1 aromatic heterocycles. The Bertz CT molecular complexity index is 593. The Balaban J connectivity index is 1.96. The van der Waals surface area contributed by atoms with E-state index in [0.29, 0.717) is 5.02 Å². The Morgan fingerprint density at radius 1 is 1.29 bits per heavy atom. The molecule has 0 saturated heterocycles. The molecule has 0 unspecified atom stereocenters. The third-order valence-electron chi connectivity index (χ3n) is 3.07. The number of unbranched alkanes of at least 4 members (excludes halogenated alkanes) is 1. The number of hydrogen-bond acceptors (Lipinski definition) is 3. The number of nitrogens with zero attached hydrogens (tertiary/aromatic N) is 1. The first-order valence-corrected chi connectivity index (χ1v) is 7.48. The van der Waals surface area contributed by atoms with Crippen LogP contribution in [0, 0.1) is 0 Å². The summed E-state index contributed by atoms with van der Waals surface area (Å²) >= 11 is 5.97. The highest BCUT2D eigenvalue weighted by atomic mass is 35.5. The molecular weight excluding hydrogens is 282 g/mol. The van der Waals surface area contributed by atoms with Crippen LogP contribution in [0.25, 0.3) is 5.70 Å². The number of hydrogen-bond donors (Lipinski definition) is 2. The summed E-state index contributed by atoms with van der Waals surface area (Å²) in [5.74, 6) is 0.891. The summed E-state index contributed by atoms with van der Waals surface area (Å²) in [5, 5.41) is 7.22. The maximum atomic E-state index is 5.97. The Kier molecular flexibility index (Phi) is 5.64. The molecule has 3 nitrogen and oxygen atoms in total. The summed E-state index contributed by atoms with van der Waals surface area (Å²) in [7, 11) is 0. The molecule has 1 aromatic carbocycles. The molecular formula is C17H20ClN3. The second-order valence-corrected chi connectivity index (χ2v) is 5.26. The van der Waals surface area contributed by atoms with Gasteiger partial charge in [0, 0.05) is 34.7 Å². The Hall–Kier alpha value is -2.00. The maximum absolute atomic E-state index is 5.97. The number of benzene rings is 1. The zero-order valence-corrected chi connectivity index (χ0v) is 13.0. The maximum Gasteiger partial charge on any atom is 0.125 e. The Labute approximate surface area is 131 Å². The number of aromatic nitrogens is 1. The van der Waals surface area contributed by atoms with Gasteiger partial charge >= 0.3 is 0 Å². The summed E-state index contributed by atoms with van der Waals surface area (Å²) in [6.07, 6.45) is 4.13. The topological polar surface area (TPSA) is 37.0 Å². The monoisotopic (exact) mass is 301 g/mol. The molecule has 4 heteroatoms. The van der Waals surface area contributed by atoms with Gasteiger partial charge in [-0.3, -0.25) is 0 Å². The summed E-state index contributed by atoms with van der Waals surface area (Å²) in [6.45, 7) is 7.16. The van der Waals surface area contributed by atoms with Gasteiger partial charge in [0.15, 0.2) is 0 Å². The molecule has 0 atom stereocenters. The van der Waals surface area contributed by atoms with Crippen LogP contribution in [0.4, 0.5) is 11.5 Å². The van der Waals surface area contributed by atoms with Gasteiger partial charge in [0.1, 0.15) is 5.82 Å². The molecule has 0 bridgehead atoms. The molecule has 2 N–H and O–H groups in total. The smallest absolute Gasteiger partial charge is 0.125 e. The summed E-state index contributed by atoms with van der Waals surface area (Å²) < 4.78 is 0. The van der Waals surface area contributed by atoms with Gasteiger partial charge in [-0.05, 0) is 36.8 Å². The minimum atomic E-state index is 0.696. The minimum Gasteiger partial charge on any atom is -0.370 e. The summed E-state index contributed by atoms with van der Waals surface area (Å²) in [4.78, 5) is 4.39. The van der Waals surface area contributed by atoms with Crippen LogP contribution in [0.15, 0.2) is 49.2 Å². The largest absolute Gasteiger partial charge is 0.370 e. The molecule has 0 saturated carbocycles. The number of anilines is 2. The van der Waals surface area contributed by atoms with Crippen molar-refractivity contribution in [3.63, 3.8) is 0 Å². The van der Waals surface area contributed by atoms with Crippen LogP contribution in [-0.2, 0) is 0 Å². The average molecular weight is 302 g/mol. The van der Waals surface area contributed by atoms with Gasteiger partial charge in [0.2, 0.25) is 0 Å². The number of nitrogens with one attached hydrogen (secondary N) is 2. The van der Waals surface area contributed by atoms with Crippen molar-refractivity contribution in [2.75, 3.05) is 17.2 Å². The quantitative estimate of drug-likeness (QED) is 0.704. The van der Waals surface area contributed by atoms with Crippen LogP contribution in [0.2, 0.25) is 5.02 Å². The second kappa shape index (κ2) is 7.70. The fraction of sp³-hybridized carbons (Fsp3) is 0.235. The van der Waals surface area contributed by atoms with Crippen molar-refractivity contribution >= 4 is 28.8 Å². The highest BCUT2D eigenvalue weighted by Crippen LogP contribution is 2.20. The SMILES string of the molecule is C=C(Nc1cccc(Cl)c1)c1ccc(NCCCC)nc1. The molecule has 0 amide bonds. The van der Waals surface area contributed by atoms with Crippen molar-refractivity contribution in [3.8, 4) is 0 Å². The molecule has 0 fully saturated rings. The lowest BCUT2D eigenvalue weighted by molar-refractivity contribution is 0.831. The minimum absolute atomic E-state index is 0.696. The van der Waals surface area contributed by atoms with Crippen LogP contribution in [0.3, 0.4) is 0 Å². The first-order valence-electron chi connectivity index (χ1n) is 7.11. The van der Waals surface area contributed by atoms with Crippen LogP contribution >= 0.6 is 11.6 Å². The Morgan fingerprint density at radius 2 is 2.14 bits per heavy atom. The molecule has 0 aliphatic heterocycles. The van der Waals surface area contributed by atoms with E-state index in [1.165, 1.54) is 6.42 Å². The molecule has 110 valence electrons. The normalized spacial score (nSPS) is 10.2. The highest BCUT2D eigenvalue weighted by Gasteiger charge is 2.01. The van der Waals surface area contributed by atoms with Crippen molar-refractivity contribution in [3.05, 3.63) is 59.8 Å². The van der Waals surface area contributed by atoms with Gasteiger partial charge in [-0.2, -0.15) is 0 Å². The predicted molar refractivity (Wildman–Crippen MR) is 91.7 cm³/mol. The fourth-order valence-corrected chi connectivity index (χ4v) is 2.07. The van der Waals surface area contributed by atoms with Gasteiger partial charge in [-0.1, -0.05) is 37.6 Å². The number of rotatable bonds is 7. The molecule has 0 radical (unpaired) electrons. The van der Waals surface area contributed by atoms with E-state index in [9.17, 15) is 0 Å². The second-order valence-electron chi connectivity index (χ2n) is 4.83. The summed E-state index contributed by atoms with van der Waals surface area (Å²) in [6, 6.07) is 11.5. The van der Waals surface area contributed by atoms with Gasteiger partial charge in [-0.25, -0.2) is 4.98 Å². The van der Waals surface area contributed by atoms with E-state index in [0.717, 1.165) is 35.7 Å². The van der Waals surface area contributed by atoms with E-state index >= 15 is 0 Å². The third-order valence-corrected chi connectivity index (χ3v) is 3.30. The fourth-order valence-electron chi connectivity index (χ4n) is 1.88. The molecule has 0 aliphatic carbocycles. The van der Waals surface area contributed by atoms with E-state index in [1.54, 1.807) is 0 Å². The van der Waals surface area contributed by atoms with Crippen molar-refractivity contribution in [1.82, 2.24) is 4.98 Å². The molecule has 2 aromatic rings. The van der Waals surface area contributed by atoms with Crippen molar-refractivity contribution in [1.29, 1.82) is 0 Å². The van der Waals surface area contributed by atoms with Crippen LogP contribution in [0.1, 0.15) is 25.3 Å². The van der Waals surface area contributed by atoms with Crippen molar-refractivity contribution < 1.29 is 0 Å². The van der Waals surface area contributed by atoms with Crippen molar-refractivity contribution in [2.24, 2.45) is 0 Å². The average Bonchev–Trinajstić information content (AvgIpc) is 2.48. The van der Waals surface area contributed by atoms with E-state index in [2.05, 4.69) is 29.1 Å². The molecule has 0 aliphatic rings. The van der Waals surface area contributed by atoms with Gasteiger partial charge in [-0.15, -0.1) is 0 Å². The number of pyridine rings is 1. The van der Waals surface area contributed by atoms with Gasteiger partial charge in [0.05, 0.1) is 0 Å². The van der Waals surface area contributed by atoms with Gasteiger partial charge < -0.3 is 10.6 Å². The molecule has 1 heterocycles.